The van der Waals surface area contributed by atoms with Gasteiger partial charge in [0.15, 0.2) is 0 Å². The number of hydrogen-bond acceptors (Lipinski definition) is 1. The van der Waals surface area contributed by atoms with Crippen LogP contribution in [0.2, 0.25) is 10.1 Å². The van der Waals surface area contributed by atoms with Crippen LogP contribution in [0.4, 0.5) is 0 Å². The Hall–Kier alpha value is -0.741. The van der Waals surface area contributed by atoms with Gasteiger partial charge in [0.1, 0.15) is 0 Å². The number of unbranched alkanes of at least 4 members (excludes halogenated alkanes) is 1. The molecule has 1 N–H and O–H groups in total. The average Bonchev–Trinajstić information content (AvgIpc) is 2.49. The molecular weight excluding hydrogens is 311 g/mol. The van der Waals surface area contributed by atoms with E-state index in [1.54, 1.807) is 0 Å². The van der Waals surface area contributed by atoms with Crippen molar-refractivity contribution < 1.29 is 5.11 Å². The molecule has 2 atom stereocenters. The summed E-state index contributed by atoms with van der Waals surface area (Å²) in [5, 5.41) is 12.2. The topological polar surface area (TPSA) is 20.2 Å². The first kappa shape index (κ1) is 15.6. The van der Waals surface area contributed by atoms with E-state index >= 15 is 0 Å². The summed E-state index contributed by atoms with van der Waals surface area (Å²) >= 11 is 0.524. The third-order valence-corrected chi connectivity index (χ3v) is 7.08. The summed E-state index contributed by atoms with van der Waals surface area (Å²) in [5.74, 6) is 6.40. The standard InChI is InChI=1S/C18H24OSe/c1-2-3-15-20-17-11-7-8-13-18(17,19)14-12-16-9-5-4-6-10-16/h4-6,9-10,17,19H,2-3,7-8,11,13,15H2,1H3. The van der Waals surface area contributed by atoms with E-state index in [0.29, 0.717) is 19.8 Å². The fourth-order valence-corrected chi connectivity index (χ4v) is 5.76. The Morgan fingerprint density at radius 3 is 2.85 bits per heavy atom. The van der Waals surface area contributed by atoms with E-state index in [2.05, 4.69) is 18.8 Å². The van der Waals surface area contributed by atoms with Gasteiger partial charge in [0, 0.05) is 0 Å². The van der Waals surface area contributed by atoms with Gasteiger partial charge in [0.2, 0.25) is 0 Å². The first-order valence-corrected chi connectivity index (χ1v) is 9.87. The van der Waals surface area contributed by atoms with Crippen molar-refractivity contribution in [3.8, 4) is 11.8 Å². The fraction of sp³-hybridized carbons (Fsp3) is 0.556. The van der Waals surface area contributed by atoms with Gasteiger partial charge in [-0.05, 0) is 0 Å². The van der Waals surface area contributed by atoms with Crippen molar-refractivity contribution in [2.24, 2.45) is 0 Å². The van der Waals surface area contributed by atoms with Crippen molar-refractivity contribution in [1.82, 2.24) is 0 Å². The summed E-state index contributed by atoms with van der Waals surface area (Å²) in [6, 6.07) is 10.0. The summed E-state index contributed by atoms with van der Waals surface area (Å²) in [6.45, 7) is 2.23. The zero-order valence-corrected chi connectivity index (χ0v) is 14.0. The molecule has 1 fully saturated rings. The Balaban J connectivity index is 2.06. The predicted octanol–water partition coefficient (Wildman–Crippen LogP) is 4.05. The van der Waals surface area contributed by atoms with Gasteiger partial charge < -0.3 is 0 Å². The van der Waals surface area contributed by atoms with Crippen LogP contribution in [-0.4, -0.2) is 25.7 Å². The minimum absolute atomic E-state index is 0.423. The normalized spacial score (nSPS) is 25.8. The van der Waals surface area contributed by atoms with Crippen LogP contribution in [0.5, 0.6) is 0 Å². The van der Waals surface area contributed by atoms with Crippen LogP contribution in [-0.2, 0) is 0 Å². The fourth-order valence-electron chi connectivity index (χ4n) is 2.56. The van der Waals surface area contributed by atoms with Gasteiger partial charge in [0.05, 0.1) is 0 Å². The molecule has 0 aliphatic heterocycles. The summed E-state index contributed by atoms with van der Waals surface area (Å²) < 4.78 is 0. The Morgan fingerprint density at radius 1 is 1.30 bits per heavy atom. The molecule has 0 radical (unpaired) electrons. The van der Waals surface area contributed by atoms with Crippen LogP contribution >= 0.6 is 0 Å². The van der Waals surface area contributed by atoms with Crippen molar-refractivity contribution in [1.29, 1.82) is 0 Å². The average molecular weight is 335 g/mol. The summed E-state index contributed by atoms with van der Waals surface area (Å²) in [4.78, 5) is 0.423. The van der Waals surface area contributed by atoms with Crippen molar-refractivity contribution in [3.63, 3.8) is 0 Å². The second-order valence-electron chi connectivity index (χ2n) is 5.50. The van der Waals surface area contributed by atoms with Crippen molar-refractivity contribution in [3.05, 3.63) is 35.9 Å². The van der Waals surface area contributed by atoms with Gasteiger partial charge in [0.25, 0.3) is 0 Å². The number of rotatable bonds is 4. The third-order valence-electron chi connectivity index (χ3n) is 3.82. The number of benzene rings is 1. The quantitative estimate of drug-likeness (QED) is 0.500. The summed E-state index contributed by atoms with van der Waals surface area (Å²) in [7, 11) is 0. The van der Waals surface area contributed by atoms with Crippen LogP contribution in [0.15, 0.2) is 30.3 Å². The molecular formula is C18H24OSe. The summed E-state index contributed by atoms with van der Waals surface area (Å²) in [5.41, 5.74) is 0.272. The van der Waals surface area contributed by atoms with Crippen LogP contribution < -0.4 is 0 Å². The van der Waals surface area contributed by atoms with Gasteiger partial charge in [-0.1, -0.05) is 0 Å². The second-order valence-corrected chi connectivity index (χ2v) is 8.25. The van der Waals surface area contributed by atoms with Gasteiger partial charge >= 0.3 is 129 Å². The molecule has 1 nitrogen and oxygen atoms in total. The van der Waals surface area contributed by atoms with Crippen molar-refractivity contribution in [2.75, 3.05) is 0 Å². The summed E-state index contributed by atoms with van der Waals surface area (Å²) in [6.07, 6.45) is 6.92. The molecule has 108 valence electrons. The van der Waals surface area contributed by atoms with E-state index in [1.165, 1.54) is 24.6 Å². The molecule has 0 saturated heterocycles. The molecule has 0 bridgehead atoms. The molecule has 2 unspecified atom stereocenters. The van der Waals surface area contributed by atoms with Crippen LogP contribution in [0.3, 0.4) is 0 Å². The van der Waals surface area contributed by atoms with Crippen LogP contribution in [0, 0.1) is 11.8 Å². The van der Waals surface area contributed by atoms with E-state index in [0.717, 1.165) is 24.8 Å². The molecule has 0 aromatic heterocycles. The Kier molecular flexibility index (Phi) is 6.17. The third kappa shape index (κ3) is 4.38. The molecule has 1 aliphatic carbocycles. The molecule has 0 heterocycles. The van der Waals surface area contributed by atoms with Crippen molar-refractivity contribution in [2.45, 2.75) is 61.2 Å². The van der Waals surface area contributed by atoms with E-state index in [9.17, 15) is 5.11 Å². The molecule has 2 heteroatoms. The van der Waals surface area contributed by atoms with Crippen molar-refractivity contribution >= 4 is 15.0 Å². The molecule has 1 aromatic rings. The zero-order valence-electron chi connectivity index (χ0n) is 12.3. The number of aliphatic hydroxyl groups is 1. The SMILES string of the molecule is CCCC[Se]C1CCCCC1(O)C#Cc1ccccc1. The maximum atomic E-state index is 10.9. The van der Waals surface area contributed by atoms with E-state index in [1.807, 2.05) is 30.3 Å². The molecule has 2 rings (SSSR count). The Bertz CT molecular complexity index is 459. The first-order valence-electron chi connectivity index (χ1n) is 7.67. The maximum absolute atomic E-state index is 10.9. The van der Waals surface area contributed by atoms with Crippen LogP contribution in [0.25, 0.3) is 0 Å². The number of hydrogen-bond donors (Lipinski definition) is 1. The van der Waals surface area contributed by atoms with E-state index < -0.39 is 5.60 Å². The minimum atomic E-state index is -0.734. The molecule has 0 spiro atoms. The second kappa shape index (κ2) is 7.89. The van der Waals surface area contributed by atoms with E-state index in [-0.39, 0.29) is 0 Å². The molecule has 1 saturated carbocycles. The Labute approximate surface area is 129 Å². The predicted molar refractivity (Wildman–Crippen MR) is 86.0 cm³/mol. The zero-order chi connectivity index (χ0) is 14.3. The van der Waals surface area contributed by atoms with Crippen LogP contribution in [0.1, 0.15) is 51.0 Å². The molecule has 0 amide bonds. The first-order chi connectivity index (χ1) is 9.74. The van der Waals surface area contributed by atoms with Gasteiger partial charge in [-0.25, -0.2) is 0 Å². The van der Waals surface area contributed by atoms with Gasteiger partial charge in [-0.15, -0.1) is 0 Å². The monoisotopic (exact) mass is 336 g/mol. The molecule has 1 aliphatic rings. The molecule has 20 heavy (non-hydrogen) atoms. The van der Waals surface area contributed by atoms with Gasteiger partial charge in [-0.3, -0.25) is 0 Å². The van der Waals surface area contributed by atoms with E-state index in [4.69, 9.17) is 0 Å². The van der Waals surface area contributed by atoms with Gasteiger partial charge in [-0.2, -0.15) is 0 Å². The molecule has 1 aromatic carbocycles. The Morgan fingerprint density at radius 2 is 2.10 bits per heavy atom.